The molecule has 1 aromatic heterocycles. The molecule has 92 valence electrons. The maximum absolute atomic E-state index is 10.6. The highest BCUT2D eigenvalue weighted by atomic mass is 35.5. The van der Waals surface area contributed by atoms with Crippen LogP contribution < -0.4 is 5.73 Å². The minimum atomic E-state index is -0.534. The molecule has 0 saturated heterocycles. The fraction of sp³-hybridized carbons (Fsp3) is 0. The average Bonchev–Trinajstić information content (AvgIpc) is 2.78. The van der Waals surface area contributed by atoms with Crippen LogP contribution in [0.15, 0.2) is 40.8 Å². The molecule has 0 bridgehead atoms. The first kappa shape index (κ1) is 12.7. The molecule has 0 atom stereocenters. The number of nitrogens with two attached hydrogens (primary N) is 1. The molecule has 0 aliphatic rings. The Hall–Kier alpha value is -1.71. The maximum atomic E-state index is 10.6. The molecule has 18 heavy (non-hydrogen) atoms. The van der Waals surface area contributed by atoms with Gasteiger partial charge in [-0.25, -0.2) is 0 Å². The van der Waals surface area contributed by atoms with Crippen LogP contribution in [0.4, 0.5) is 0 Å². The smallest absolute Gasteiger partial charge is 0.241 e. The predicted molar refractivity (Wildman–Crippen MR) is 72.4 cm³/mol. The standard InChI is InChI=1S/C13H9Cl2NO2/c14-10-3-1-2-9(13(10)15)11-6-4-8(18-11)5-7-12(16)17/h1-7H,(H2,16,17)/b7-5-. The molecule has 1 amide bonds. The minimum absolute atomic E-state index is 0.430. The van der Waals surface area contributed by atoms with Crippen molar-refractivity contribution in [2.75, 3.05) is 0 Å². The Morgan fingerprint density at radius 2 is 2.00 bits per heavy atom. The third-order valence-corrected chi connectivity index (χ3v) is 3.07. The van der Waals surface area contributed by atoms with Crippen molar-refractivity contribution in [3.63, 3.8) is 0 Å². The molecule has 2 aromatic rings. The second-order valence-corrected chi connectivity index (χ2v) is 4.32. The summed E-state index contributed by atoms with van der Waals surface area (Å²) < 4.78 is 5.52. The van der Waals surface area contributed by atoms with Crippen LogP contribution >= 0.6 is 23.2 Å². The predicted octanol–water partition coefficient (Wildman–Crippen LogP) is 3.75. The molecule has 2 rings (SSSR count). The summed E-state index contributed by atoms with van der Waals surface area (Å²) in [6.07, 6.45) is 2.71. The van der Waals surface area contributed by atoms with Crippen LogP contribution in [0.1, 0.15) is 5.76 Å². The van der Waals surface area contributed by atoms with E-state index in [9.17, 15) is 4.79 Å². The first-order valence-corrected chi connectivity index (χ1v) is 5.85. The zero-order valence-electron chi connectivity index (χ0n) is 9.19. The number of carbonyl (C=O) groups is 1. The minimum Gasteiger partial charge on any atom is -0.457 e. The zero-order valence-corrected chi connectivity index (χ0v) is 10.7. The van der Waals surface area contributed by atoms with E-state index in [2.05, 4.69) is 0 Å². The van der Waals surface area contributed by atoms with Crippen LogP contribution in [-0.4, -0.2) is 5.91 Å². The second-order valence-electron chi connectivity index (χ2n) is 3.54. The molecule has 0 aliphatic heterocycles. The average molecular weight is 282 g/mol. The molecule has 0 radical (unpaired) electrons. The van der Waals surface area contributed by atoms with Crippen LogP contribution in [0.5, 0.6) is 0 Å². The number of rotatable bonds is 3. The van der Waals surface area contributed by atoms with Crippen molar-refractivity contribution in [2.45, 2.75) is 0 Å². The van der Waals surface area contributed by atoms with Crippen molar-refractivity contribution in [3.05, 3.63) is 52.2 Å². The lowest BCUT2D eigenvalue weighted by Gasteiger charge is -2.01. The number of carbonyl (C=O) groups excluding carboxylic acids is 1. The summed E-state index contributed by atoms with van der Waals surface area (Å²) in [6.45, 7) is 0. The summed E-state index contributed by atoms with van der Waals surface area (Å²) in [5.41, 5.74) is 5.69. The third-order valence-electron chi connectivity index (χ3n) is 2.26. The van der Waals surface area contributed by atoms with Crippen molar-refractivity contribution in [1.82, 2.24) is 0 Å². The fourth-order valence-corrected chi connectivity index (χ4v) is 1.84. The Balaban J connectivity index is 2.35. The number of furan rings is 1. The number of primary amides is 1. The van der Waals surface area contributed by atoms with Gasteiger partial charge in [0.2, 0.25) is 5.91 Å². The molecule has 2 N–H and O–H groups in total. The van der Waals surface area contributed by atoms with Crippen molar-refractivity contribution in [2.24, 2.45) is 5.73 Å². The summed E-state index contributed by atoms with van der Waals surface area (Å²) in [5.74, 6) is 0.556. The maximum Gasteiger partial charge on any atom is 0.241 e. The van der Waals surface area contributed by atoms with Gasteiger partial charge in [-0.3, -0.25) is 4.79 Å². The highest BCUT2D eigenvalue weighted by molar-refractivity contribution is 6.43. The van der Waals surface area contributed by atoms with Gasteiger partial charge in [0.1, 0.15) is 11.5 Å². The van der Waals surface area contributed by atoms with Gasteiger partial charge in [0, 0.05) is 11.6 Å². The van der Waals surface area contributed by atoms with Gasteiger partial charge in [-0.2, -0.15) is 0 Å². The largest absolute Gasteiger partial charge is 0.457 e. The van der Waals surface area contributed by atoms with E-state index < -0.39 is 5.91 Å². The normalized spacial score (nSPS) is 11.0. The lowest BCUT2D eigenvalue weighted by molar-refractivity contribution is -0.113. The van der Waals surface area contributed by atoms with E-state index in [1.807, 2.05) is 0 Å². The van der Waals surface area contributed by atoms with Gasteiger partial charge in [0.15, 0.2) is 0 Å². The third kappa shape index (κ3) is 2.75. The Labute approximate surface area is 114 Å². The number of hydrogen-bond donors (Lipinski definition) is 1. The number of benzene rings is 1. The first-order valence-electron chi connectivity index (χ1n) is 5.09. The molecule has 3 nitrogen and oxygen atoms in total. The summed E-state index contributed by atoms with van der Waals surface area (Å²) >= 11 is 12.0. The number of hydrogen-bond acceptors (Lipinski definition) is 2. The molecule has 0 saturated carbocycles. The van der Waals surface area contributed by atoms with E-state index in [0.717, 1.165) is 0 Å². The van der Waals surface area contributed by atoms with Crippen LogP contribution in [0.2, 0.25) is 10.0 Å². The van der Waals surface area contributed by atoms with Crippen molar-refractivity contribution >= 4 is 35.2 Å². The molecule has 0 fully saturated rings. The molecule has 1 aromatic carbocycles. The van der Waals surface area contributed by atoms with Gasteiger partial charge >= 0.3 is 0 Å². The quantitative estimate of drug-likeness (QED) is 0.871. The Bertz CT molecular complexity index is 617. The van der Waals surface area contributed by atoms with Gasteiger partial charge in [-0.1, -0.05) is 29.3 Å². The van der Waals surface area contributed by atoms with Crippen molar-refractivity contribution in [3.8, 4) is 11.3 Å². The van der Waals surface area contributed by atoms with E-state index in [-0.39, 0.29) is 0 Å². The van der Waals surface area contributed by atoms with Crippen LogP contribution in [-0.2, 0) is 4.79 Å². The lowest BCUT2D eigenvalue weighted by Crippen LogP contribution is -2.04. The van der Waals surface area contributed by atoms with Gasteiger partial charge in [-0.15, -0.1) is 0 Å². The zero-order chi connectivity index (χ0) is 13.1. The molecule has 0 spiro atoms. The Kier molecular flexibility index (Phi) is 3.75. The topological polar surface area (TPSA) is 56.2 Å². The van der Waals surface area contributed by atoms with Crippen molar-refractivity contribution in [1.29, 1.82) is 0 Å². The summed E-state index contributed by atoms with van der Waals surface area (Å²) in [4.78, 5) is 10.6. The monoisotopic (exact) mass is 281 g/mol. The Morgan fingerprint density at radius 1 is 1.22 bits per heavy atom. The summed E-state index contributed by atoms with van der Waals surface area (Å²) in [6, 6.07) is 8.74. The van der Waals surface area contributed by atoms with Gasteiger partial charge in [0.25, 0.3) is 0 Å². The fourth-order valence-electron chi connectivity index (χ4n) is 1.45. The SMILES string of the molecule is NC(=O)/C=C\c1ccc(-c2cccc(Cl)c2Cl)o1. The van der Waals surface area contributed by atoms with Crippen LogP contribution in [0, 0.1) is 0 Å². The molecule has 1 heterocycles. The second kappa shape index (κ2) is 5.29. The van der Waals surface area contributed by atoms with E-state index in [1.54, 1.807) is 30.3 Å². The molecule has 0 unspecified atom stereocenters. The number of amides is 1. The van der Waals surface area contributed by atoms with Crippen molar-refractivity contribution < 1.29 is 9.21 Å². The van der Waals surface area contributed by atoms with Crippen LogP contribution in [0.3, 0.4) is 0 Å². The Morgan fingerprint density at radius 3 is 2.72 bits per heavy atom. The molecule has 5 heteroatoms. The molecular formula is C13H9Cl2NO2. The highest BCUT2D eigenvalue weighted by Gasteiger charge is 2.09. The first-order chi connectivity index (χ1) is 8.58. The van der Waals surface area contributed by atoms with E-state index in [0.29, 0.717) is 27.1 Å². The van der Waals surface area contributed by atoms with E-state index in [1.165, 1.54) is 12.2 Å². The molecular weight excluding hydrogens is 273 g/mol. The van der Waals surface area contributed by atoms with Gasteiger partial charge < -0.3 is 10.2 Å². The molecule has 0 aliphatic carbocycles. The number of halogens is 2. The summed E-state index contributed by atoms with van der Waals surface area (Å²) in [5, 5.41) is 0.888. The lowest BCUT2D eigenvalue weighted by atomic mass is 10.2. The van der Waals surface area contributed by atoms with Crippen LogP contribution in [0.25, 0.3) is 17.4 Å². The summed E-state index contributed by atoms with van der Waals surface area (Å²) in [7, 11) is 0. The van der Waals surface area contributed by atoms with E-state index in [4.69, 9.17) is 33.4 Å². The van der Waals surface area contributed by atoms with E-state index >= 15 is 0 Å². The van der Waals surface area contributed by atoms with Gasteiger partial charge in [0.05, 0.1) is 10.0 Å². The highest BCUT2D eigenvalue weighted by Crippen LogP contribution is 2.34. The van der Waals surface area contributed by atoms with Gasteiger partial charge in [-0.05, 0) is 30.3 Å².